The van der Waals surface area contributed by atoms with Gasteiger partial charge in [-0.05, 0) is 49.7 Å². The van der Waals surface area contributed by atoms with Crippen molar-refractivity contribution < 1.29 is 18.0 Å². The molecule has 1 unspecified atom stereocenters. The van der Waals surface area contributed by atoms with E-state index in [1.165, 1.54) is 6.92 Å². The van der Waals surface area contributed by atoms with Gasteiger partial charge in [0, 0.05) is 18.3 Å². The van der Waals surface area contributed by atoms with Crippen LogP contribution in [0.25, 0.3) is 0 Å². The number of nitrogens with zero attached hydrogens (tertiary/aromatic N) is 1. The first-order valence-electron chi connectivity index (χ1n) is 8.33. The average Bonchev–Trinajstić information content (AvgIpc) is 2.62. The molecule has 2 aromatic rings. The Morgan fingerprint density at radius 2 is 1.70 bits per heavy atom. The zero-order valence-corrected chi connectivity index (χ0v) is 16.5. The average molecular weight is 389 g/mol. The number of hydrogen-bond acceptors (Lipinski definition) is 4. The van der Waals surface area contributed by atoms with E-state index >= 15 is 0 Å². The van der Waals surface area contributed by atoms with Crippen LogP contribution in [0.5, 0.6) is 0 Å². The molecule has 0 aliphatic carbocycles. The summed E-state index contributed by atoms with van der Waals surface area (Å²) >= 11 is 0. The fourth-order valence-corrected chi connectivity index (χ4v) is 3.89. The molecule has 8 heteroatoms. The molecule has 2 rings (SSSR count). The van der Waals surface area contributed by atoms with Gasteiger partial charge in [-0.1, -0.05) is 18.2 Å². The zero-order valence-electron chi connectivity index (χ0n) is 15.7. The zero-order chi connectivity index (χ0) is 20.2. The maximum absolute atomic E-state index is 12.7. The Bertz CT molecular complexity index is 943. The van der Waals surface area contributed by atoms with Gasteiger partial charge in [-0.25, -0.2) is 8.42 Å². The largest absolute Gasteiger partial charge is 0.355 e. The second-order valence-electron chi connectivity index (χ2n) is 6.17. The van der Waals surface area contributed by atoms with Crippen LogP contribution >= 0.6 is 0 Å². The predicted molar refractivity (Wildman–Crippen MR) is 106 cm³/mol. The van der Waals surface area contributed by atoms with Crippen LogP contribution in [0.15, 0.2) is 48.5 Å². The molecule has 0 bridgehead atoms. The Labute approximate surface area is 159 Å². The predicted octanol–water partition coefficient (Wildman–Crippen LogP) is 2.15. The third kappa shape index (κ3) is 4.85. The van der Waals surface area contributed by atoms with E-state index in [-0.39, 0.29) is 5.91 Å². The molecule has 0 spiro atoms. The Kier molecular flexibility index (Phi) is 6.22. The highest BCUT2D eigenvalue weighted by Gasteiger charge is 2.29. The second-order valence-corrected chi connectivity index (χ2v) is 8.03. The monoisotopic (exact) mass is 389 g/mol. The molecule has 27 heavy (non-hydrogen) atoms. The highest BCUT2D eigenvalue weighted by atomic mass is 32.2. The SMILES string of the molecule is CNC(=O)c1ccc(NC(=O)C(C)N(c2ccccc2)S(C)(=O)=O)c(C)c1. The van der Waals surface area contributed by atoms with Crippen molar-refractivity contribution in [3.63, 3.8) is 0 Å². The van der Waals surface area contributed by atoms with Crippen molar-refractivity contribution in [2.45, 2.75) is 19.9 Å². The van der Waals surface area contributed by atoms with Crippen LogP contribution in [0.1, 0.15) is 22.8 Å². The van der Waals surface area contributed by atoms with Crippen LogP contribution in [0, 0.1) is 6.92 Å². The number of sulfonamides is 1. The Hall–Kier alpha value is -2.87. The molecule has 0 heterocycles. The van der Waals surface area contributed by atoms with Crippen molar-refractivity contribution in [3.8, 4) is 0 Å². The number of amides is 2. The van der Waals surface area contributed by atoms with Gasteiger partial charge < -0.3 is 10.6 Å². The van der Waals surface area contributed by atoms with Crippen molar-refractivity contribution >= 4 is 33.2 Å². The highest BCUT2D eigenvalue weighted by molar-refractivity contribution is 7.92. The van der Waals surface area contributed by atoms with E-state index < -0.39 is 22.0 Å². The van der Waals surface area contributed by atoms with Crippen molar-refractivity contribution in [3.05, 3.63) is 59.7 Å². The molecule has 2 amide bonds. The van der Waals surface area contributed by atoms with Crippen LogP contribution in [-0.2, 0) is 14.8 Å². The number of rotatable bonds is 6. The van der Waals surface area contributed by atoms with Crippen LogP contribution < -0.4 is 14.9 Å². The molecule has 2 N–H and O–H groups in total. The lowest BCUT2D eigenvalue weighted by atomic mass is 10.1. The topological polar surface area (TPSA) is 95.6 Å². The summed E-state index contributed by atoms with van der Waals surface area (Å²) in [5.41, 5.74) is 2.10. The Morgan fingerprint density at radius 3 is 2.22 bits per heavy atom. The number of aryl methyl sites for hydroxylation is 1. The molecule has 144 valence electrons. The molecule has 0 aromatic heterocycles. The summed E-state index contributed by atoms with van der Waals surface area (Å²) in [5.74, 6) is -0.697. The summed E-state index contributed by atoms with van der Waals surface area (Å²) in [6, 6.07) is 12.4. The van der Waals surface area contributed by atoms with Gasteiger partial charge in [-0.3, -0.25) is 13.9 Å². The van der Waals surface area contributed by atoms with E-state index in [1.807, 2.05) is 0 Å². The molecule has 0 radical (unpaired) electrons. The summed E-state index contributed by atoms with van der Waals surface area (Å²) in [6.07, 6.45) is 1.06. The quantitative estimate of drug-likeness (QED) is 0.791. The van der Waals surface area contributed by atoms with Gasteiger partial charge in [0.15, 0.2) is 0 Å². The van der Waals surface area contributed by atoms with Crippen molar-refractivity contribution in [2.75, 3.05) is 22.9 Å². The van der Waals surface area contributed by atoms with Crippen LogP contribution in [0.2, 0.25) is 0 Å². The van der Waals surface area contributed by atoms with E-state index in [9.17, 15) is 18.0 Å². The van der Waals surface area contributed by atoms with E-state index in [0.717, 1.165) is 10.6 Å². The fraction of sp³-hybridized carbons (Fsp3) is 0.263. The normalized spacial score (nSPS) is 12.1. The standard InChI is InChI=1S/C19H23N3O4S/c1-13-12-15(19(24)20-3)10-11-17(13)21-18(23)14(2)22(27(4,25)26)16-8-6-5-7-9-16/h5-12,14H,1-4H3,(H,20,24)(H,21,23). The number of carbonyl (C=O) groups excluding carboxylic acids is 2. The third-order valence-electron chi connectivity index (χ3n) is 4.07. The first-order chi connectivity index (χ1) is 12.6. The molecular formula is C19H23N3O4S. The smallest absolute Gasteiger partial charge is 0.251 e. The molecule has 1 atom stereocenters. The molecule has 0 saturated heterocycles. The van der Waals surface area contributed by atoms with Crippen molar-refractivity contribution in [1.29, 1.82) is 0 Å². The van der Waals surface area contributed by atoms with Crippen LogP contribution in [-0.4, -0.2) is 39.6 Å². The number of hydrogen-bond donors (Lipinski definition) is 2. The third-order valence-corrected chi connectivity index (χ3v) is 5.31. The van der Waals surface area contributed by atoms with Gasteiger partial charge >= 0.3 is 0 Å². The van der Waals surface area contributed by atoms with Gasteiger partial charge in [0.2, 0.25) is 15.9 Å². The van der Waals surface area contributed by atoms with Gasteiger partial charge in [0.05, 0.1) is 11.9 Å². The lowest BCUT2D eigenvalue weighted by Gasteiger charge is -2.28. The van der Waals surface area contributed by atoms with Crippen molar-refractivity contribution in [1.82, 2.24) is 5.32 Å². The number of carbonyl (C=O) groups is 2. The number of benzene rings is 2. The van der Waals surface area contributed by atoms with E-state index in [4.69, 9.17) is 0 Å². The van der Waals surface area contributed by atoms with Crippen LogP contribution in [0.3, 0.4) is 0 Å². The van der Waals surface area contributed by atoms with E-state index in [1.54, 1.807) is 62.5 Å². The molecule has 2 aromatic carbocycles. The summed E-state index contributed by atoms with van der Waals surface area (Å²) < 4.78 is 25.6. The lowest BCUT2D eigenvalue weighted by molar-refractivity contribution is -0.116. The lowest BCUT2D eigenvalue weighted by Crippen LogP contribution is -2.45. The maximum atomic E-state index is 12.7. The molecule has 0 aliphatic heterocycles. The number of anilines is 2. The second kappa shape index (κ2) is 8.22. The van der Waals surface area contributed by atoms with Gasteiger partial charge in [0.25, 0.3) is 5.91 Å². The minimum atomic E-state index is -3.67. The van der Waals surface area contributed by atoms with Crippen LogP contribution in [0.4, 0.5) is 11.4 Å². The molecule has 0 aliphatic rings. The fourth-order valence-electron chi connectivity index (χ4n) is 2.71. The summed E-state index contributed by atoms with van der Waals surface area (Å²) in [7, 11) is -2.13. The number of para-hydroxylation sites is 1. The maximum Gasteiger partial charge on any atom is 0.251 e. The number of nitrogens with one attached hydrogen (secondary N) is 2. The van der Waals surface area contributed by atoms with E-state index in [0.29, 0.717) is 22.5 Å². The van der Waals surface area contributed by atoms with E-state index in [2.05, 4.69) is 10.6 Å². The van der Waals surface area contributed by atoms with Gasteiger partial charge in [-0.15, -0.1) is 0 Å². The molecular weight excluding hydrogens is 366 g/mol. The summed E-state index contributed by atoms with van der Waals surface area (Å²) in [4.78, 5) is 24.4. The van der Waals surface area contributed by atoms with Crippen molar-refractivity contribution in [2.24, 2.45) is 0 Å². The first-order valence-corrected chi connectivity index (χ1v) is 10.2. The first kappa shape index (κ1) is 20.4. The van der Waals surface area contributed by atoms with Gasteiger partial charge in [0.1, 0.15) is 6.04 Å². The molecule has 7 nitrogen and oxygen atoms in total. The minimum absolute atomic E-state index is 0.225. The minimum Gasteiger partial charge on any atom is -0.355 e. The Balaban J connectivity index is 2.27. The van der Waals surface area contributed by atoms with Gasteiger partial charge in [-0.2, -0.15) is 0 Å². The Morgan fingerprint density at radius 1 is 1.07 bits per heavy atom. The molecule has 0 fully saturated rings. The summed E-state index contributed by atoms with van der Waals surface area (Å²) in [6.45, 7) is 3.29. The molecule has 0 saturated carbocycles. The highest BCUT2D eigenvalue weighted by Crippen LogP contribution is 2.22. The summed E-state index contributed by atoms with van der Waals surface area (Å²) in [5, 5.41) is 5.28.